The minimum absolute atomic E-state index is 0.184. The summed E-state index contributed by atoms with van der Waals surface area (Å²) in [5.41, 5.74) is 0.375. The van der Waals surface area contributed by atoms with Crippen LogP contribution < -0.4 is 10.4 Å². The SMILES string of the molecule is CCOC(=O)CSc1ccc(OC(c2ccccc2)c2nn(-c3ccc(C(F)(F)F)cc3)c(=O)n2C)c(C)c1. The summed E-state index contributed by atoms with van der Waals surface area (Å²) in [4.78, 5) is 25.7. The van der Waals surface area contributed by atoms with Gasteiger partial charge in [0.1, 0.15) is 5.75 Å². The summed E-state index contributed by atoms with van der Waals surface area (Å²) in [6, 6.07) is 18.9. The number of esters is 1. The first-order chi connectivity index (χ1) is 18.6. The van der Waals surface area contributed by atoms with E-state index in [4.69, 9.17) is 9.47 Å². The molecule has 0 spiro atoms. The van der Waals surface area contributed by atoms with Gasteiger partial charge in [0.05, 0.1) is 23.6 Å². The van der Waals surface area contributed by atoms with Crippen LogP contribution in [0.5, 0.6) is 5.75 Å². The monoisotopic (exact) mass is 557 g/mol. The third-order valence-corrected chi connectivity index (χ3v) is 6.81. The largest absolute Gasteiger partial charge is 0.477 e. The average Bonchev–Trinajstić information content (AvgIpc) is 3.21. The first kappa shape index (κ1) is 28.0. The van der Waals surface area contributed by atoms with Crippen LogP contribution in [0.15, 0.2) is 82.5 Å². The molecule has 0 N–H and O–H groups in total. The number of carbonyl (C=O) groups excluding carboxylic acids is 1. The molecular formula is C28H26F3N3O4S. The Morgan fingerprint density at radius 2 is 1.74 bits per heavy atom. The number of nitrogens with zero attached hydrogens (tertiary/aromatic N) is 3. The fourth-order valence-electron chi connectivity index (χ4n) is 3.85. The highest BCUT2D eigenvalue weighted by Crippen LogP contribution is 2.32. The minimum atomic E-state index is -4.49. The van der Waals surface area contributed by atoms with Gasteiger partial charge in [-0.05, 0) is 61.9 Å². The number of halogens is 3. The van der Waals surface area contributed by atoms with Crippen molar-refractivity contribution in [2.24, 2.45) is 7.05 Å². The molecule has 0 aliphatic heterocycles. The van der Waals surface area contributed by atoms with Crippen molar-refractivity contribution in [2.75, 3.05) is 12.4 Å². The number of carbonyl (C=O) groups is 1. The summed E-state index contributed by atoms with van der Waals surface area (Å²) in [5, 5.41) is 4.46. The van der Waals surface area contributed by atoms with E-state index >= 15 is 0 Å². The predicted molar refractivity (Wildman–Crippen MR) is 141 cm³/mol. The van der Waals surface area contributed by atoms with E-state index in [0.29, 0.717) is 12.4 Å². The number of thioether (sulfide) groups is 1. The molecule has 39 heavy (non-hydrogen) atoms. The topological polar surface area (TPSA) is 75.3 Å². The zero-order valence-electron chi connectivity index (χ0n) is 21.4. The molecule has 0 radical (unpaired) electrons. The van der Waals surface area contributed by atoms with Gasteiger partial charge in [-0.25, -0.2) is 4.79 Å². The number of aromatic nitrogens is 3. The lowest BCUT2D eigenvalue weighted by molar-refractivity contribution is -0.140. The van der Waals surface area contributed by atoms with Crippen molar-refractivity contribution in [2.45, 2.75) is 31.0 Å². The van der Waals surface area contributed by atoms with Crippen molar-refractivity contribution in [3.63, 3.8) is 0 Å². The second kappa shape index (κ2) is 11.8. The van der Waals surface area contributed by atoms with Crippen LogP contribution in [0.3, 0.4) is 0 Å². The predicted octanol–water partition coefficient (Wildman–Crippen LogP) is 5.72. The molecule has 0 amide bonds. The molecule has 0 aliphatic carbocycles. The van der Waals surface area contributed by atoms with Crippen LogP contribution in [-0.2, 0) is 22.8 Å². The lowest BCUT2D eigenvalue weighted by Crippen LogP contribution is -2.23. The quantitative estimate of drug-likeness (QED) is 0.194. The number of aryl methyl sites for hydroxylation is 1. The molecule has 0 bridgehead atoms. The van der Waals surface area contributed by atoms with Crippen LogP contribution in [-0.4, -0.2) is 32.7 Å². The molecule has 1 aromatic heterocycles. The number of hydrogen-bond acceptors (Lipinski definition) is 6. The van der Waals surface area contributed by atoms with Gasteiger partial charge >= 0.3 is 17.8 Å². The maximum atomic E-state index is 13.1. The van der Waals surface area contributed by atoms with Gasteiger partial charge in [0, 0.05) is 17.5 Å². The smallest absolute Gasteiger partial charge is 0.416 e. The fourth-order valence-corrected chi connectivity index (χ4v) is 4.65. The number of rotatable bonds is 9. The Hall–Kier alpha value is -3.99. The summed E-state index contributed by atoms with van der Waals surface area (Å²) in [6.07, 6.45) is -5.29. The van der Waals surface area contributed by atoms with E-state index < -0.39 is 23.5 Å². The van der Waals surface area contributed by atoms with Gasteiger partial charge in [-0.2, -0.15) is 17.9 Å². The third kappa shape index (κ3) is 6.54. The summed E-state index contributed by atoms with van der Waals surface area (Å²) in [5.74, 6) is 0.699. The molecule has 4 aromatic rings. The average molecular weight is 558 g/mol. The van der Waals surface area contributed by atoms with Crippen LogP contribution in [0.4, 0.5) is 13.2 Å². The minimum Gasteiger partial charge on any atom is -0.477 e. The maximum absolute atomic E-state index is 13.1. The molecule has 0 saturated heterocycles. The molecule has 4 rings (SSSR count). The lowest BCUT2D eigenvalue weighted by Gasteiger charge is -2.20. The molecule has 11 heteroatoms. The van der Waals surface area contributed by atoms with Crippen LogP contribution in [0, 0.1) is 6.92 Å². The first-order valence-corrected chi connectivity index (χ1v) is 13.0. The number of alkyl halides is 3. The maximum Gasteiger partial charge on any atom is 0.416 e. The summed E-state index contributed by atoms with van der Waals surface area (Å²) >= 11 is 1.35. The lowest BCUT2D eigenvalue weighted by atomic mass is 10.1. The van der Waals surface area contributed by atoms with Crippen LogP contribution >= 0.6 is 11.8 Å². The fraction of sp³-hybridized carbons (Fsp3) is 0.250. The Bertz CT molecular complexity index is 1500. The van der Waals surface area contributed by atoms with E-state index in [1.165, 1.54) is 35.5 Å². The van der Waals surface area contributed by atoms with E-state index in [1.807, 2.05) is 49.4 Å². The van der Waals surface area contributed by atoms with Gasteiger partial charge in [0.15, 0.2) is 11.9 Å². The van der Waals surface area contributed by atoms with Crippen LogP contribution in [0.25, 0.3) is 5.69 Å². The molecule has 7 nitrogen and oxygen atoms in total. The van der Waals surface area contributed by atoms with Gasteiger partial charge in [-0.15, -0.1) is 16.9 Å². The second-order valence-electron chi connectivity index (χ2n) is 8.59. The summed E-state index contributed by atoms with van der Waals surface area (Å²) in [7, 11) is 1.53. The standard InChI is InChI=1S/C28H26F3N3O4S/c1-4-37-24(35)17-39-22-14-15-23(18(2)16-22)38-25(19-8-6-5-7-9-19)26-32-34(27(36)33(26)3)21-12-10-20(11-13-21)28(29,30)31/h5-16,25H,4,17H2,1-3H3. The van der Waals surface area contributed by atoms with Crippen LogP contribution in [0.2, 0.25) is 0 Å². The molecule has 0 aliphatic rings. The van der Waals surface area contributed by atoms with Crippen LogP contribution in [0.1, 0.15) is 35.5 Å². The molecular weight excluding hydrogens is 531 g/mol. The first-order valence-electron chi connectivity index (χ1n) is 12.0. The van der Waals surface area contributed by atoms with E-state index in [-0.39, 0.29) is 23.2 Å². The molecule has 1 heterocycles. The Labute approximate surface area is 227 Å². The highest BCUT2D eigenvalue weighted by molar-refractivity contribution is 8.00. The molecule has 1 atom stereocenters. The van der Waals surface area contributed by atoms with Crippen molar-refractivity contribution < 1.29 is 27.4 Å². The summed E-state index contributed by atoms with van der Waals surface area (Å²) in [6.45, 7) is 3.94. The third-order valence-electron chi connectivity index (χ3n) is 5.84. The van der Waals surface area contributed by atoms with E-state index in [9.17, 15) is 22.8 Å². The zero-order chi connectivity index (χ0) is 28.2. The Balaban J connectivity index is 1.67. The normalized spacial score (nSPS) is 12.3. The van der Waals surface area contributed by atoms with Crippen molar-refractivity contribution in [1.29, 1.82) is 0 Å². The molecule has 204 valence electrons. The highest BCUT2D eigenvalue weighted by atomic mass is 32.2. The Morgan fingerprint density at radius 3 is 2.36 bits per heavy atom. The van der Waals surface area contributed by atoms with Gasteiger partial charge in [0.25, 0.3) is 0 Å². The number of benzene rings is 3. The van der Waals surface area contributed by atoms with Crippen molar-refractivity contribution >= 4 is 17.7 Å². The van der Waals surface area contributed by atoms with E-state index in [1.54, 1.807) is 13.0 Å². The molecule has 1 unspecified atom stereocenters. The number of ether oxygens (including phenoxy) is 2. The molecule has 0 saturated carbocycles. The van der Waals surface area contributed by atoms with Gasteiger partial charge in [-0.1, -0.05) is 30.3 Å². The summed E-state index contributed by atoms with van der Waals surface area (Å²) < 4.78 is 52.8. The Morgan fingerprint density at radius 1 is 1.05 bits per heavy atom. The Kier molecular flexibility index (Phi) is 8.49. The molecule has 0 fully saturated rings. The second-order valence-corrected chi connectivity index (χ2v) is 9.63. The van der Waals surface area contributed by atoms with Crippen molar-refractivity contribution in [1.82, 2.24) is 14.3 Å². The van der Waals surface area contributed by atoms with Gasteiger partial charge < -0.3 is 9.47 Å². The number of hydrogen-bond donors (Lipinski definition) is 0. The van der Waals surface area contributed by atoms with Gasteiger partial charge in [0.2, 0.25) is 0 Å². The van der Waals surface area contributed by atoms with E-state index in [0.717, 1.165) is 32.8 Å². The highest BCUT2D eigenvalue weighted by Gasteiger charge is 2.30. The van der Waals surface area contributed by atoms with Crippen molar-refractivity contribution in [3.8, 4) is 11.4 Å². The molecule has 3 aromatic carbocycles. The van der Waals surface area contributed by atoms with Gasteiger partial charge in [-0.3, -0.25) is 9.36 Å². The van der Waals surface area contributed by atoms with Crippen molar-refractivity contribution in [3.05, 3.63) is 106 Å². The zero-order valence-corrected chi connectivity index (χ0v) is 22.3. The van der Waals surface area contributed by atoms with E-state index in [2.05, 4.69) is 5.10 Å².